The number of anilines is 1. The van der Waals surface area contributed by atoms with Gasteiger partial charge in [-0.05, 0) is 37.3 Å². The standard InChI is InChI=1S/C17H16ClF2NO5S/c1-3-26-17(22)10-21(11-4-6-14(19)15(20)8-11)27(23,24)12-5-7-16(25-2)13(18)9-12/h4-9H,3,10H2,1-2H3. The van der Waals surface area contributed by atoms with Gasteiger partial charge < -0.3 is 9.47 Å². The molecular weight excluding hydrogens is 404 g/mol. The van der Waals surface area contributed by atoms with Crippen molar-refractivity contribution in [2.75, 3.05) is 24.6 Å². The second-order valence-corrected chi connectivity index (χ2v) is 7.48. The molecule has 0 aliphatic heterocycles. The first-order valence-electron chi connectivity index (χ1n) is 7.67. The van der Waals surface area contributed by atoms with Crippen molar-refractivity contribution in [3.8, 4) is 5.75 Å². The number of sulfonamides is 1. The van der Waals surface area contributed by atoms with Crippen LogP contribution in [0.2, 0.25) is 5.02 Å². The van der Waals surface area contributed by atoms with E-state index in [1.165, 1.54) is 19.2 Å². The van der Waals surface area contributed by atoms with Crippen molar-refractivity contribution in [2.45, 2.75) is 11.8 Å². The summed E-state index contributed by atoms with van der Waals surface area (Å²) in [6.45, 7) is 0.849. The van der Waals surface area contributed by atoms with Crippen LogP contribution in [0.25, 0.3) is 0 Å². The van der Waals surface area contributed by atoms with Crippen molar-refractivity contribution in [3.05, 3.63) is 53.1 Å². The molecule has 0 aliphatic rings. The molecule has 0 bridgehead atoms. The number of carbonyl (C=O) groups excluding carboxylic acids is 1. The van der Waals surface area contributed by atoms with Crippen LogP contribution >= 0.6 is 11.6 Å². The van der Waals surface area contributed by atoms with Crippen LogP contribution in [0.15, 0.2) is 41.3 Å². The van der Waals surface area contributed by atoms with Crippen LogP contribution in [0.4, 0.5) is 14.5 Å². The first kappa shape index (κ1) is 20.9. The molecule has 0 fully saturated rings. The van der Waals surface area contributed by atoms with E-state index in [0.29, 0.717) is 10.4 Å². The number of carbonyl (C=O) groups is 1. The zero-order chi connectivity index (χ0) is 20.2. The quantitative estimate of drug-likeness (QED) is 0.643. The lowest BCUT2D eigenvalue weighted by Gasteiger charge is -2.24. The van der Waals surface area contributed by atoms with Gasteiger partial charge in [0.15, 0.2) is 11.6 Å². The third-order valence-corrected chi connectivity index (χ3v) is 5.55. The molecule has 10 heteroatoms. The number of ether oxygens (including phenoxy) is 2. The maximum atomic E-state index is 13.6. The molecule has 2 aromatic carbocycles. The number of esters is 1. The van der Waals surface area contributed by atoms with Crippen LogP contribution in [0, 0.1) is 11.6 Å². The Balaban J connectivity index is 2.55. The Kier molecular flexibility index (Phi) is 6.61. The summed E-state index contributed by atoms with van der Waals surface area (Å²) in [5.74, 6) is -3.02. The van der Waals surface area contributed by atoms with Crippen molar-refractivity contribution in [1.29, 1.82) is 0 Å². The Bertz CT molecular complexity index is 952. The molecule has 0 radical (unpaired) electrons. The minimum absolute atomic E-state index is 0.0267. The molecule has 2 rings (SSSR count). The molecular formula is C17H16ClF2NO5S. The number of benzene rings is 2. The lowest BCUT2D eigenvalue weighted by atomic mass is 10.3. The zero-order valence-corrected chi connectivity index (χ0v) is 16.0. The summed E-state index contributed by atoms with van der Waals surface area (Å²) in [5.41, 5.74) is -0.242. The van der Waals surface area contributed by atoms with Crippen LogP contribution in [0.5, 0.6) is 5.75 Å². The normalized spacial score (nSPS) is 11.1. The minimum atomic E-state index is -4.34. The van der Waals surface area contributed by atoms with E-state index in [-0.39, 0.29) is 28.0 Å². The molecule has 0 aliphatic carbocycles. The summed E-state index contributed by atoms with van der Waals surface area (Å²) < 4.78 is 63.3. The molecule has 0 heterocycles. The highest BCUT2D eigenvalue weighted by Crippen LogP contribution is 2.30. The van der Waals surface area contributed by atoms with Gasteiger partial charge in [-0.3, -0.25) is 9.10 Å². The molecule has 0 saturated heterocycles. The highest BCUT2D eigenvalue weighted by Gasteiger charge is 2.29. The average molecular weight is 420 g/mol. The van der Waals surface area contributed by atoms with Gasteiger partial charge in [0.1, 0.15) is 12.3 Å². The summed E-state index contributed by atoms with van der Waals surface area (Å²) in [5, 5.41) is 0.0277. The molecule has 2 aromatic rings. The van der Waals surface area contributed by atoms with Crippen LogP contribution in [0.1, 0.15) is 6.92 Å². The second kappa shape index (κ2) is 8.53. The van der Waals surface area contributed by atoms with Gasteiger partial charge >= 0.3 is 5.97 Å². The van der Waals surface area contributed by atoms with Gasteiger partial charge in [0.25, 0.3) is 10.0 Å². The summed E-state index contributed by atoms with van der Waals surface area (Å²) in [7, 11) is -2.98. The predicted octanol–water partition coefficient (Wildman–Crippen LogP) is 3.39. The Labute approximate surface area is 160 Å². The van der Waals surface area contributed by atoms with Crippen LogP contribution in [-0.4, -0.2) is 34.6 Å². The van der Waals surface area contributed by atoms with E-state index in [2.05, 4.69) is 0 Å². The number of hydrogen-bond donors (Lipinski definition) is 0. The maximum Gasteiger partial charge on any atom is 0.326 e. The summed E-state index contributed by atoms with van der Waals surface area (Å²) in [4.78, 5) is 11.6. The Morgan fingerprint density at radius 2 is 1.85 bits per heavy atom. The number of methoxy groups -OCH3 is 1. The van der Waals surface area contributed by atoms with E-state index >= 15 is 0 Å². The van der Waals surface area contributed by atoms with E-state index in [1.54, 1.807) is 6.92 Å². The molecule has 0 N–H and O–H groups in total. The number of halogens is 3. The fourth-order valence-electron chi connectivity index (χ4n) is 2.21. The number of hydrogen-bond acceptors (Lipinski definition) is 5. The van der Waals surface area contributed by atoms with Gasteiger partial charge in [-0.1, -0.05) is 11.6 Å². The van der Waals surface area contributed by atoms with Crippen LogP contribution < -0.4 is 9.04 Å². The maximum absolute atomic E-state index is 13.6. The van der Waals surface area contributed by atoms with Gasteiger partial charge in [0, 0.05) is 6.07 Å². The SMILES string of the molecule is CCOC(=O)CN(c1ccc(F)c(F)c1)S(=O)(=O)c1ccc(OC)c(Cl)c1. The van der Waals surface area contributed by atoms with Crippen molar-refractivity contribution in [2.24, 2.45) is 0 Å². The average Bonchev–Trinajstić information content (AvgIpc) is 2.62. The molecule has 0 aromatic heterocycles. The molecule has 0 amide bonds. The monoisotopic (exact) mass is 419 g/mol. The van der Waals surface area contributed by atoms with Crippen LogP contribution in [0.3, 0.4) is 0 Å². The minimum Gasteiger partial charge on any atom is -0.495 e. The lowest BCUT2D eigenvalue weighted by Crippen LogP contribution is -2.36. The van der Waals surface area contributed by atoms with Gasteiger partial charge in [0.05, 0.1) is 29.3 Å². The fourth-order valence-corrected chi connectivity index (χ4v) is 3.96. The third-order valence-electron chi connectivity index (χ3n) is 3.48. The molecule has 146 valence electrons. The smallest absolute Gasteiger partial charge is 0.326 e. The molecule has 6 nitrogen and oxygen atoms in total. The number of nitrogens with zero attached hydrogens (tertiary/aromatic N) is 1. The molecule has 0 saturated carbocycles. The van der Waals surface area contributed by atoms with Gasteiger partial charge in [-0.15, -0.1) is 0 Å². The predicted molar refractivity (Wildman–Crippen MR) is 95.5 cm³/mol. The highest BCUT2D eigenvalue weighted by molar-refractivity contribution is 7.92. The van der Waals surface area contributed by atoms with E-state index in [9.17, 15) is 22.0 Å². The zero-order valence-electron chi connectivity index (χ0n) is 14.4. The summed E-state index contributed by atoms with van der Waals surface area (Å²) in [6, 6.07) is 6.17. The summed E-state index contributed by atoms with van der Waals surface area (Å²) >= 11 is 5.98. The van der Waals surface area contributed by atoms with Gasteiger partial charge in [-0.25, -0.2) is 17.2 Å². The summed E-state index contributed by atoms with van der Waals surface area (Å²) in [6.07, 6.45) is 0. The highest BCUT2D eigenvalue weighted by atomic mass is 35.5. The Hall–Kier alpha value is -2.39. The number of rotatable bonds is 7. The molecule has 0 atom stereocenters. The second-order valence-electron chi connectivity index (χ2n) is 5.21. The van der Waals surface area contributed by atoms with Crippen LogP contribution in [-0.2, 0) is 19.6 Å². The van der Waals surface area contributed by atoms with E-state index in [4.69, 9.17) is 21.1 Å². The van der Waals surface area contributed by atoms with Crippen molar-refractivity contribution >= 4 is 33.3 Å². The molecule has 0 unspecified atom stereocenters. The van der Waals surface area contributed by atoms with E-state index in [0.717, 1.165) is 18.2 Å². The topological polar surface area (TPSA) is 72.9 Å². The van der Waals surface area contributed by atoms with Crippen molar-refractivity contribution < 1.29 is 31.5 Å². The Morgan fingerprint density at radius 3 is 2.41 bits per heavy atom. The van der Waals surface area contributed by atoms with Gasteiger partial charge in [0.2, 0.25) is 0 Å². The fraction of sp³-hybridized carbons (Fsp3) is 0.235. The van der Waals surface area contributed by atoms with Crippen molar-refractivity contribution in [3.63, 3.8) is 0 Å². The molecule has 27 heavy (non-hydrogen) atoms. The van der Waals surface area contributed by atoms with Crippen molar-refractivity contribution in [1.82, 2.24) is 0 Å². The van der Waals surface area contributed by atoms with E-state index < -0.39 is 34.2 Å². The molecule has 0 spiro atoms. The Morgan fingerprint density at radius 1 is 1.15 bits per heavy atom. The first-order valence-corrected chi connectivity index (χ1v) is 9.49. The third kappa shape index (κ3) is 4.67. The lowest BCUT2D eigenvalue weighted by molar-refractivity contribution is -0.141. The van der Waals surface area contributed by atoms with Gasteiger partial charge in [-0.2, -0.15) is 0 Å². The first-order chi connectivity index (χ1) is 12.7. The van der Waals surface area contributed by atoms with E-state index in [1.807, 2.05) is 0 Å². The largest absolute Gasteiger partial charge is 0.495 e.